The number of aryl methyl sites for hydroxylation is 1. The molecule has 6 heteroatoms. The van der Waals surface area contributed by atoms with Gasteiger partial charge in [0.05, 0.1) is 28.6 Å². The van der Waals surface area contributed by atoms with Crippen LogP contribution >= 0.6 is 0 Å². The van der Waals surface area contributed by atoms with Gasteiger partial charge in [0.15, 0.2) is 0 Å². The summed E-state index contributed by atoms with van der Waals surface area (Å²) in [5.74, 6) is 1.52. The number of imidazole rings is 1. The number of nitrogens with zero attached hydrogens (tertiary/aromatic N) is 4. The van der Waals surface area contributed by atoms with Gasteiger partial charge in [-0.05, 0) is 53.2 Å². The fourth-order valence-electron chi connectivity index (χ4n) is 6.05. The monoisotopic (exact) mass is 808 g/mol. The summed E-state index contributed by atoms with van der Waals surface area (Å²) < 4.78 is 30.3. The number of fused-ring (bicyclic) bond motifs is 4. The first-order valence-electron chi connectivity index (χ1n) is 17.3. The number of rotatable bonds is 5. The Kier molecular flexibility index (Phi) is 8.57. The molecule has 4 aromatic heterocycles. The Balaban J connectivity index is 0.000000222. The molecule has 8 rings (SSSR count). The van der Waals surface area contributed by atoms with Crippen molar-refractivity contribution in [1.82, 2.24) is 19.5 Å². The number of furan rings is 1. The molecule has 0 spiro atoms. The van der Waals surface area contributed by atoms with Crippen molar-refractivity contribution in [3.05, 3.63) is 144 Å². The molecule has 48 heavy (non-hydrogen) atoms. The van der Waals surface area contributed by atoms with Crippen LogP contribution in [0.1, 0.15) is 60.3 Å². The maximum absolute atomic E-state index is 7.23. The van der Waals surface area contributed by atoms with Gasteiger partial charge in [-0.3, -0.25) is 9.97 Å². The molecule has 0 amide bonds. The standard InChI is InChI=1S/C30H26N3O.C12H10N.Ir/c1-18(2)20-10-7-11-21(19(3)4)28(20)33-26-17-31-16-15-25(26)32-30(33)24-13-8-12-23-22-9-5-6-14-27(22)34-29(23)24;1-10-7-8-12(13-9-10)11-5-3-2-4-6-11;/h5-12,14-19H,1-4H3;2-5,7-9H,1H3;/q2*-1;/i;1D3;. The third-order valence-electron chi connectivity index (χ3n) is 8.33. The molecule has 0 unspecified atom stereocenters. The number of hydrogen-bond acceptors (Lipinski definition) is 4. The summed E-state index contributed by atoms with van der Waals surface area (Å²) in [6.45, 7) is 6.88. The van der Waals surface area contributed by atoms with Crippen LogP contribution in [0.2, 0.25) is 0 Å². The van der Waals surface area contributed by atoms with Crippen molar-refractivity contribution in [3.63, 3.8) is 0 Å². The van der Waals surface area contributed by atoms with Gasteiger partial charge in [-0.25, -0.2) is 0 Å². The average Bonchev–Trinajstić information content (AvgIpc) is 3.70. The van der Waals surface area contributed by atoms with Gasteiger partial charge in [-0.15, -0.1) is 54.1 Å². The predicted octanol–water partition coefficient (Wildman–Crippen LogP) is 10.9. The van der Waals surface area contributed by atoms with Gasteiger partial charge in [0.25, 0.3) is 0 Å². The number of aromatic nitrogens is 4. The summed E-state index contributed by atoms with van der Waals surface area (Å²) in [4.78, 5) is 13.7. The summed E-state index contributed by atoms with van der Waals surface area (Å²) in [5.41, 5.74) is 10.0. The summed E-state index contributed by atoms with van der Waals surface area (Å²) in [5, 5.41) is 2.17. The molecular weight excluding hydrogens is 769 g/mol. The van der Waals surface area contributed by atoms with Crippen molar-refractivity contribution in [2.24, 2.45) is 0 Å². The Morgan fingerprint density at radius 3 is 2.27 bits per heavy atom. The molecule has 5 nitrogen and oxygen atoms in total. The van der Waals surface area contributed by atoms with E-state index in [1.54, 1.807) is 24.4 Å². The molecule has 8 aromatic rings. The maximum atomic E-state index is 7.23. The van der Waals surface area contributed by atoms with Crippen molar-refractivity contribution < 1.29 is 28.6 Å². The van der Waals surface area contributed by atoms with Gasteiger partial charge in [0, 0.05) is 47.7 Å². The van der Waals surface area contributed by atoms with Crippen molar-refractivity contribution in [2.75, 3.05) is 0 Å². The number of para-hydroxylation sites is 2. The van der Waals surface area contributed by atoms with Crippen LogP contribution in [0.4, 0.5) is 0 Å². The van der Waals surface area contributed by atoms with Crippen LogP contribution in [0.15, 0.2) is 120 Å². The number of benzene rings is 4. The Bertz CT molecular complexity index is 2410. The molecule has 241 valence electrons. The van der Waals surface area contributed by atoms with Crippen LogP contribution in [0.3, 0.4) is 0 Å². The predicted molar refractivity (Wildman–Crippen MR) is 192 cm³/mol. The molecule has 0 atom stereocenters. The first kappa shape index (κ1) is 29.3. The minimum absolute atomic E-state index is 0. The number of hydrogen-bond donors (Lipinski definition) is 0. The minimum Gasteiger partial charge on any atom is -0.501 e. The van der Waals surface area contributed by atoms with Crippen LogP contribution in [-0.4, -0.2) is 19.5 Å². The fourth-order valence-corrected chi connectivity index (χ4v) is 6.05. The van der Waals surface area contributed by atoms with E-state index in [1.165, 1.54) is 23.0 Å². The Hall–Kier alpha value is -4.90. The Morgan fingerprint density at radius 2 is 1.56 bits per heavy atom. The van der Waals surface area contributed by atoms with Crippen LogP contribution in [0.5, 0.6) is 0 Å². The van der Waals surface area contributed by atoms with E-state index in [0.717, 1.165) is 55.6 Å². The van der Waals surface area contributed by atoms with Gasteiger partial charge in [0.2, 0.25) is 0 Å². The molecule has 0 saturated heterocycles. The third-order valence-corrected chi connectivity index (χ3v) is 8.33. The summed E-state index contributed by atoms with van der Waals surface area (Å²) in [6, 6.07) is 38.0. The van der Waals surface area contributed by atoms with Gasteiger partial charge in [0.1, 0.15) is 5.58 Å². The molecule has 0 fully saturated rings. The molecular formula is C42H36IrN4O-2. The molecule has 0 aliphatic carbocycles. The van der Waals surface area contributed by atoms with Crippen LogP contribution < -0.4 is 0 Å². The Labute approximate surface area is 299 Å². The van der Waals surface area contributed by atoms with E-state index in [2.05, 4.69) is 84.7 Å². The second-order valence-corrected chi connectivity index (χ2v) is 12.1. The number of pyridine rings is 2. The SMILES string of the molecule is CC(C)c1cccc(C(C)C)c1-n1c(-c2[c-]ccc3c2oc2ccccc23)nc2ccncc21.[2H]C([2H])([2H])c1ccc(-c2[c-]cccc2)nc1.[Ir]. The smallest absolute Gasteiger partial charge is 0.120 e. The van der Waals surface area contributed by atoms with Crippen molar-refractivity contribution in [2.45, 2.75) is 46.4 Å². The molecule has 0 saturated carbocycles. The minimum atomic E-state index is -2.09. The molecule has 1 radical (unpaired) electrons. The summed E-state index contributed by atoms with van der Waals surface area (Å²) in [7, 11) is 0. The fraction of sp³-hybridized carbons (Fsp3) is 0.167. The van der Waals surface area contributed by atoms with Crippen molar-refractivity contribution >= 4 is 33.0 Å². The molecule has 4 aromatic carbocycles. The van der Waals surface area contributed by atoms with E-state index in [1.807, 2.05) is 54.7 Å². The molecule has 0 aliphatic rings. The molecule has 0 bridgehead atoms. The zero-order valence-electron chi connectivity index (χ0n) is 30.2. The normalized spacial score (nSPS) is 12.4. The quantitative estimate of drug-likeness (QED) is 0.163. The largest absolute Gasteiger partial charge is 0.501 e. The van der Waals surface area contributed by atoms with Crippen LogP contribution in [0, 0.1) is 19.0 Å². The van der Waals surface area contributed by atoms with E-state index in [4.69, 9.17) is 13.5 Å². The van der Waals surface area contributed by atoms with Crippen LogP contribution in [0.25, 0.3) is 61.3 Å². The zero-order chi connectivity index (χ0) is 35.0. The van der Waals surface area contributed by atoms with Gasteiger partial charge in [-0.1, -0.05) is 87.2 Å². The average molecular weight is 808 g/mol. The molecule has 0 N–H and O–H groups in total. The van der Waals surface area contributed by atoms with Gasteiger partial charge >= 0.3 is 0 Å². The Morgan fingerprint density at radius 1 is 0.771 bits per heavy atom. The first-order chi connectivity index (χ1) is 24.1. The second kappa shape index (κ2) is 14.1. The molecule has 0 aliphatic heterocycles. The van der Waals surface area contributed by atoms with Crippen molar-refractivity contribution in [1.29, 1.82) is 0 Å². The molecule has 4 heterocycles. The van der Waals surface area contributed by atoms with Gasteiger partial charge < -0.3 is 14.0 Å². The maximum Gasteiger partial charge on any atom is 0.120 e. The van der Waals surface area contributed by atoms with Crippen LogP contribution in [-0.2, 0) is 20.1 Å². The van der Waals surface area contributed by atoms with Gasteiger partial charge in [-0.2, -0.15) is 0 Å². The zero-order valence-corrected chi connectivity index (χ0v) is 29.5. The third kappa shape index (κ3) is 6.22. The first-order valence-corrected chi connectivity index (χ1v) is 15.8. The van der Waals surface area contributed by atoms with E-state index in [9.17, 15) is 0 Å². The summed E-state index contributed by atoms with van der Waals surface area (Å²) in [6.07, 6.45) is 5.10. The van der Waals surface area contributed by atoms with E-state index < -0.39 is 6.85 Å². The van der Waals surface area contributed by atoms with E-state index in [0.29, 0.717) is 11.8 Å². The topological polar surface area (TPSA) is 56.7 Å². The van der Waals surface area contributed by atoms with E-state index >= 15 is 0 Å². The summed E-state index contributed by atoms with van der Waals surface area (Å²) >= 11 is 0. The van der Waals surface area contributed by atoms with Crippen molar-refractivity contribution in [3.8, 4) is 28.3 Å². The van der Waals surface area contributed by atoms with E-state index in [-0.39, 0.29) is 25.7 Å². The second-order valence-electron chi connectivity index (χ2n) is 12.1.